The maximum atomic E-state index is 4.47. The Morgan fingerprint density at radius 3 is 2.60 bits per heavy atom. The molecule has 114 valence electrons. The predicted molar refractivity (Wildman–Crippen MR) is 86.8 cm³/mol. The highest BCUT2D eigenvalue weighted by molar-refractivity contribution is 9.10. The first-order valence-electron chi connectivity index (χ1n) is 7.72. The van der Waals surface area contributed by atoms with Gasteiger partial charge >= 0.3 is 0 Å². The molecule has 0 amide bonds. The number of likely N-dealkylation sites (tertiary alicyclic amines) is 1. The van der Waals surface area contributed by atoms with Crippen molar-refractivity contribution in [2.75, 3.05) is 26.2 Å². The van der Waals surface area contributed by atoms with E-state index in [4.69, 9.17) is 0 Å². The first-order chi connectivity index (χ1) is 9.61. The standard InChI is InChI=1S/C15H27BrN4/c1-4-7-17-10-13-5-8-20(9-6-13)11-14-15(16)12(2)18-19(14)3/h13,17H,4-11H2,1-3H3. The van der Waals surface area contributed by atoms with Crippen LogP contribution in [0.25, 0.3) is 0 Å². The average molecular weight is 343 g/mol. The van der Waals surface area contributed by atoms with Crippen LogP contribution in [0.5, 0.6) is 0 Å². The number of aryl methyl sites for hydroxylation is 2. The van der Waals surface area contributed by atoms with Crippen LogP contribution >= 0.6 is 15.9 Å². The van der Waals surface area contributed by atoms with Crippen molar-refractivity contribution in [2.24, 2.45) is 13.0 Å². The highest BCUT2D eigenvalue weighted by atomic mass is 79.9. The molecule has 0 aromatic carbocycles. The van der Waals surface area contributed by atoms with Gasteiger partial charge in [-0.15, -0.1) is 0 Å². The minimum absolute atomic E-state index is 0.856. The Hall–Kier alpha value is -0.390. The second-order valence-corrected chi connectivity index (χ2v) is 6.69. The van der Waals surface area contributed by atoms with Crippen LogP contribution in [0, 0.1) is 12.8 Å². The van der Waals surface area contributed by atoms with Gasteiger partial charge in [0.25, 0.3) is 0 Å². The molecule has 1 aliphatic rings. The van der Waals surface area contributed by atoms with Gasteiger partial charge in [0.1, 0.15) is 0 Å². The summed E-state index contributed by atoms with van der Waals surface area (Å²) in [5.74, 6) is 0.856. The molecule has 0 saturated carbocycles. The lowest BCUT2D eigenvalue weighted by Crippen LogP contribution is -2.37. The quantitative estimate of drug-likeness (QED) is 0.807. The minimum atomic E-state index is 0.856. The molecular formula is C15H27BrN4. The summed E-state index contributed by atoms with van der Waals surface area (Å²) in [6.45, 7) is 10.0. The number of aromatic nitrogens is 2. The summed E-state index contributed by atoms with van der Waals surface area (Å²) in [7, 11) is 2.04. The highest BCUT2D eigenvalue weighted by Crippen LogP contribution is 2.24. The monoisotopic (exact) mass is 342 g/mol. The number of hydrogen-bond acceptors (Lipinski definition) is 3. The lowest BCUT2D eigenvalue weighted by atomic mass is 9.96. The molecule has 5 heteroatoms. The molecule has 1 aromatic heterocycles. The third-order valence-electron chi connectivity index (χ3n) is 4.20. The van der Waals surface area contributed by atoms with Crippen molar-refractivity contribution in [3.8, 4) is 0 Å². The van der Waals surface area contributed by atoms with Gasteiger partial charge in [0.05, 0.1) is 15.9 Å². The molecule has 1 saturated heterocycles. The average Bonchev–Trinajstić information content (AvgIpc) is 2.67. The van der Waals surface area contributed by atoms with Crippen LogP contribution in [0.2, 0.25) is 0 Å². The van der Waals surface area contributed by atoms with E-state index < -0.39 is 0 Å². The first kappa shape index (κ1) is 16.0. The molecule has 2 rings (SSSR count). The lowest BCUT2D eigenvalue weighted by Gasteiger charge is -2.32. The molecule has 0 unspecified atom stereocenters. The van der Waals surface area contributed by atoms with Gasteiger partial charge in [0, 0.05) is 13.6 Å². The summed E-state index contributed by atoms with van der Waals surface area (Å²) in [6.07, 6.45) is 3.85. The van der Waals surface area contributed by atoms with Crippen LogP contribution in [0.15, 0.2) is 4.47 Å². The smallest absolute Gasteiger partial charge is 0.0739 e. The van der Waals surface area contributed by atoms with Crippen molar-refractivity contribution in [3.05, 3.63) is 15.9 Å². The van der Waals surface area contributed by atoms with Gasteiger partial charge in [-0.25, -0.2) is 0 Å². The molecule has 0 aliphatic carbocycles. The molecule has 1 aliphatic heterocycles. The van der Waals surface area contributed by atoms with Gasteiger partial charge in [0.2, 0.25) is 0 Å². The first-order valence-corrected chi connectivity index (χ1v) is 8.52. The van der Waals surface area contributed by atoms with Crippen molar-refractivity contribution < 1.29 is 0 Å². The predicted octanol–water partition coefficient (Wildman–Crippen LogP) is 2.70. The van der Waals surface area contributed by atoms with Crippen molar-refractivity contribution in [1.82, 2.24) is 20.0 Å². The number of piperidine rings is 1. The zero-order chi connectivity index (χ0) is 14.5. The van der Waals surface area contributed by atoms with Gasteiger partial charge < -0.3 is 5.32 Å². The second-order valence-electron chi connectivity index (χ2n) is 5.89. The van der Waals surface area contributed by atoms with Crippen molar-refractivity contribution >= 4 is 15.9 Å². The number of rotatable bonds is 6. The summed E-state index contributed by atoms with van der Waals surface area (Å²) in [5, 5.41) is 8.02. The Morgan fingerprint density at radius 2 is 2.05 bits per heavy atom. The number of nitrogens with zero attached hydrogens (tertiary/aromatic N) is 3. The number of halogens is 1. The van der Waals surface area contributed by atoms with E-state index in [0.29, 0.717) is 0 Å². The summed E-state index contributed by atoms with van der Waals surface area (Å²) in [4.78, 5) is 2.55. The third-order valence-corrected chi connectivity index (χ3v) is 5.23. The third kappa shape index (κ3) is 4.06. The van der Waals surface area contributed by atoms with E-state index in [1.807, 2.05) is 11.7 Å². The number of nitrogens with one attached hydrogen (secondary N) is 1. The van der Waals surface area contributed by atoms with E-state index >= 15 is 0 Å². The van der Waals surface area contributed by atoms with Crippen LogP contribution in [0.1, 0.15) is 37.6 Å². The Bertz CT molecular complexity index is 422. The maximum Gasteiger partial charge on any atom is 0.0739 e. The highest BCUT2D eigenvalue weighted by Gasteiger charge is 2.21. The molecule has 0 radical (unpaired) electrons. The van der Waals surface area contributed by atoms with E-state index in [1.165, 1.54) is 49.1 Å². The summed E-state index contributed by atoms with van der Waals surface area (Å²) < 4.78 is 3.18. The zero-order valence-corrected chi connectivity index (χ0v) is 14.5. The molecule has 0 atom stereocenters. The fraction of sp³-hybridized carbons (Fsp3) is 0.800. The Kier molecular flexibility index (Phi) is 6.05. The zero-order valence-electron chi connectivity index (χ0n) is 13.0. The normalized spacial score (nSPS) is 17.8. The second kappa shape index (κ2) is 7.57. The Labute approximate surface area is 131 Å². The fourth-order valence-electron chi connectivity index (χ4n) is 2.90. The van der Waals surface area contributed by atoms with E-state index in [1.54, 1.807) is 0 Å². The molecule has 1 fully saturated rings. The van der Waals surface area contributed by atoms with Gasteiger partial charge in [0.15, 0.2) is 0 Å². The summed E-state index contributed by atoms with van der Waals surface area (Å²) in [6, 6.07) is 0. The number of hydrogen-bond donors (Lipinski definition) is 1. The SMILES string of the molecule is CCCNCC1CCN(Cc2c(Br)c(C)nn2C)CC1. The molecule has 0 bridgehead atoms. The molecule has 1 aromatic rings. The van der Waals surface area contributed by atoms with Crippen molar-refractivity contribution in [2.45, 2.75) is 39.7 Å². The Balaban J connectivity index is 1.79. The Morgan fingerprint density at radius 1 is 1.35 bits per heavy atom. The minimum Gasteiger partial charge on any atom is -0.316 e. The molecule has 1 N–H and O–H groups in total. The van der Waals surface area contributed by atoms with Crippen LogP contribution in [0.3, 0.4) is 0 Å². The molecule has 4 nitrogen and oxygen atoms in total. The van der Waals surface area contributed by atoms with E-state index in [-0.39, 0.29) is 0 Å². The van der Waals surface area contributed by atoms with E-state index in [9.17, 15) is 0 Å². The molecule has 2 heterocycles. The van der Waals surface area contributed by atoms with E-state index in [0.717, 1.165) is 24.7 Å². The van der Waals surface area contributed by atoms with Crippen LogP contribution < -0.4 is 5.32 Å². The van der Waals surface area contributed by atoms with Crippen LogP contribution in [0.4, 0.5) is 0 Å². The van der Waals surface area contributed by atoms with E-state index in [2.05, 4.69) is 45.1 Å². The molecule has 20 heavy (non-hydrogen) atoms. The summed E-state index contributed by atoms with van der Waals surface area (Å²) in [5.41, 5.74) is 2.38. The molecular weight excluding hydrogens is 316 g/mol. The van der Waals surface area contributed by atoms with Crippen LogP contribution in [-0.4, -0.2) is 40.9 Å². The van der Waals surface area contributed by atoms with Crippen molar-refractivity contribution in [3.63, 3.8) is 0 Å². The van der Waals surface area contributed by atoms with Gasteiger partial charge in [-0.3, -0.25) is 9.58 Å². The maximum absolute atomic E-state index is 4.47. The van der Waals surface area contributed by atoms with Crippen LogP contribution in [-0.2, 0) is 13.6 Å². The van der Waals surface area contributed by atoms with Gasteiger partial charge in [-0.1, -0.05) is 6.92 Å². The van der Waals surface area contributed by atoms with Crippen molar-refractivity contribution in [1.29, 1.82) is 0 Å². The lowest BCUT2D eigenvalue weighted by molar-refractivity contribution is 0.172. The fourth-order valence-corrected chi connectivity index (χ4v) is 3.36. The summed E-state index contributed by atoms with van der Waals surface area (Å²) >= 11 is 3.66. The van der Waals surface area contributed by atoms with Gasteiger partial charge in [-0.05, 0) is 74.2 Å². The topological polar surface area (TPSA) is 33.1 Å². The molecule has 0 spiro atoms. The van der Waals surface area contributed by atoms with Gasteiger partial charge in [-0.2, -0.15) is 5.10 Å². The largest absolute Gasteiger partial charge is 0.316 e.